The Kier molecular flexibility index (Phi) is 4.12. The molecule has 1 aromatic rings. The number of cyclic esters (lactones) is 1. The third-order valence-electron chi connectivity index (χ3n) is 3.71. The Hall–Kier alpha value is -2.50. The van der Waals surface area contributed by atoms with Crippen LogP contribution in [0.25, 0.3) is 0 Å². The molecule has 0 unspecified atom stereocenters. The zero-order valence-electron chi connectivity index (χ0n) is 12.4. The highest BCUT2D eigenvalue weighted by atomic mass is 16.6. The van der Waals surface area contributed by atoms with E-state index in [-0.39, 0.29) is 12.0 Å². The van der Waals surface area contributed by atoms with Crippen LogP contribution in [0.1, 0.15) is 43.5 Å². The molecule has 1 atom stereocenters. The maximum absolute atomic E-state index is 12.3. The Balaban J connectivity index is 2.21. The van der Waals surface area contributed by atoms with E-state index in [0.717, 1.165) is 12.1 Å². The molecule has 0 aromatic heterocycles. The van der Waals surface area contributed by atoms with Crippen molar-refractivity contribution < 1.29 is 29.6 Å². The number of carbonyl (C=O) groups excluding carboxylic acids is 2. The van der Waals surface area contributed by atoms with Crippen LogP contribution in [0.15, 0.2) is 23.8 Å². The minimum absolute atomic E-state index is 0.124. The zero-order chi connectivity index (χ0) is 16.5. The first-order chi connectivity index (χ1) is 10.2. The largest absolute Gasteiger partial charge is 0.507 e. The molecule has 0 amide bonds. The van der Waals surface area contributed by atoms with Crippen LogP contribution >= 0.6 is 0 Å². The number of ether oxygens (including phenoxy) is 1. The van der Waals surface area contributed by atoms with Gasteiger partial charge < -0.3 is 20.1 Å². The zero-order valence-corrected chi connectivity index (χ0v) is 12.4. The summed E-state index contributed by atoms with van der Waals surface area (Å²) in [4.78, 5) is 24.1. The van der Waals surface area contributed by atoms with E-state index in [2.05, 4.69) is 0 Å². The molecule has 0 saturated heterocycles. The predicted octanol–water partition coefficient (Wildman–Crippen LogP) is 2.42. The van der Waals surface area contributed by atoms with Crippen molar-refractivity contribution in [3.63, 3.8) is 0 Å². The lowest BCUT2D eigenvalue weighted by Crippen LogP contribution is -2.33. The Morgan fingerprint density at radius 1 is 1.23 bits per heavy atom. The molecule has 1 aliphatic rings. The summed E-state index contributed by atoms with van der Waals surface area (Å²) in [5.41, 5.74) is -0.606. The first-order valence-electron chi connectivity index (χ1n) is 6.90. The van der Waals surface area contributed by atoms with Crippen molar-refractivity contribution in [2.24, 2.45) is 0 Å². The summed E-state index contributed by atoms with van der Waals surface area (Å²) in [5, 5.41) is 28.5. The molecule has 0 aliphatic carbocycles. The number of phenolic OH excluding ortho intramolecular Hbond substituents is 3. The van der Waals surface area contributed by atoms with E-state index in [0.29, 0.717) is 18.4 Å². The van der Waals surface area contributed by atoms with E-state index in [1.807, 2.05) is 0 Å². The lowest BCUT2D eigenvalue weighted by Gasteiger charge is -2.27. The van der Waals surface area contributed by atoms with Gasteiger partial charge in [0.25, 0.3) is 0 Å². The molecule has 1 heterocycles. The molecule has 0 fully saturated rings. The SMILES string of the molecule is CC1=CCC[C@](C)(CC(=O)c2cc(O)c(O)cc2O)OC1=O. The Bertz CT molecular complexity index is 661. The molecular weight excluding hydrogens is 288 g/mol. The number of rotatable bonds is 3. The number of hydrogen-bond acceptors (Lipinski definition) is 6. The molecule has 3 N–H and O–H groups in total. The maximum atomic E-state index is 12.3. The second-order valence-corrected chi connectivity index (χ2v) is 5.72. The molecule has 6 nitrogen and oxygen atoms in total. The number of hydrogen-bond donors (Lipinski definition) is 3. The number of allylic oxidation sites excluding steroid dienone is 1. The molecule has 0 spiro atoms. The fraction of sp³-hybridized carbons (Fsp3) is 0.375. The normalized spacial score (nSPS) is 21.7. The summed E-state index contributed by atoms with van der Waals surface area (Å²) >= 11 is 0. The summed E-state index contributed by atoms with van der Waals surface area (Å²) in [6.07, 6.45) is 2.72. The summed E-state index contributed by atoms with van der Waals surface area (Å²) in [6.45, 7) is 3.31. The quantitative estimate of drug-likeness (QED) is 0.343. The van der Waals surface area contributed by atoms with Gasteiger partial charge in [-0.3, -0.25) is 4.79 Å². The highest BCUT2D eigenvalue weighted by Gasteiger charge is 2.34. The fourth-order valence-electron chi connectivity index (χ4n) is 2.38. The van der Waals surface area contributed by atoms with Crippen LogP contribution < -0.4 is 0 Å². The molecule has 1 aliphatic heterocycles. The van der Waals surface area contributed by atoms with E-state index in [4.69, 9.17) is 4.74 Å². The number of ketones is 1. The van der Waals surface area contributed by atoms with Crippen molar-refractivity contribution in [2.75, 3.05) is 0 Å². The highest BCUT2D eigenvalue weighted by Crippen LogP contribution is 2.35. The molecular formula is C16H18O6. The van der Waals surface area contributed by atoms with Crippen molar-refractivity contribution >= 4 is 11.8 Å². The first kappa shape index (κ1) is 15.9. The number of benzene rings is 1. The first-order valence-corrected chi connectivity index (χ1v) is 6.90. The predicted molar refractivity (Wildman–Crippen MR) is 77.9 cm³/mol. The summed E-state index contributed by atoms with van der Waals surface area (Å²) in [5.74, 6) is -2.39. The van der Waals surface area contributed by atoms with Gasteiger partial charge >= 0.3 is 5.97 Å². The van der Waals surface area contributed by atoms with Gasteiger partial charge in [-0.15, -0.1) is 0 Å². The van der Waals surface area contributed by atoms with Crippen molar-refractivity contribution in [1.82, 2.24) is 0 Å². The van der Waals surface area contributed by atoms with Gasteiger partial charge in [0, 0.05) is 11.6 Å². The van der Waals surface area contributed by atoms with Gasteiger partial charge in [0.15, 0.2) is 17.3 Å². The molecule has 0 bridgehead atoms. The monoisotopic (exact) mass is 306 g/mol. The van der Waals surface area contributed by atoms with Crippen LogP contribution in [0, 0.1) is 0 Å². The van der Waals surface area contributed by atoms with E-state index < -0.39 is 34.6 Å². The second kappa shape index (κ2) is 5.71. The maximum Gasteiger partial charge on any atom is 0.333 e. The van der Waals surface area contributed by atoms with E-state index in [9.17, 15) is 24.9 Å². The van der Waals surface area contributed by atoms with Crippen molar-refractivity contribution in [3.8, 4) is 17.2 Å². The summed E-state index contributed by atoms with van der Waals surface area (Å²) in [7, 11) is 0. The fourth-order valence-corrected chi connectivity index (χ4v) is 2.38. The third-order valence-corrected chi connectivity index (χ3v) is 3.71. The minimum atomic E-state index is -0.984. The van der Waals surface area contributed by atoms with Gasteiger partial charge in [-0.2, -0.15) is 0 Å². The third kappa shape index (κ3) is 3.21. The summed E-state index contributed by atoms with van der Waals surface area (Å²) in [6, 6.07) is 1.90. The number of aromatic hydroxyl groups is 3. The number of phenols is 3. The Labute approximate surface area is 127 Å². The summed E-state index contributed by atoms with van der Waals surface area (Å²) < 4.78 is 5.38. The van der Waals surface area contributed by atoms with Crippen molar-refractivity contribution in [2.45, 2.75) is 38.7 Å². The van der Waals surface area contributed by atoms with Crippen LogP contribution in [0.4, 0.5) is 0 Å². The highest BCUT2D eigenvalue weighted by molar-refractivity contribution is 6.00. The molecule has 6 heteroatoms. The average Bonchev–Trinajstić information content (AvgIpc) is 2.53. The Morgan fingerprint density at radius 2 is 1.86 bits per heavy atom. The van der Waals surface area contributed by atoms with Gasteiger partial charge in [0.1, 0.15) is 11.4 Å². The van der Waals surface area contributed by atoms with Gasteiger partial charge in [-0.25, -0.2) is 4.79 Å². The number of carbonyl (C=O) groups is 2. The average molecular weight is 306 g/mol. The van der Waals surface area contributed by atoms with Crippen LogP contribution in [0.5, 0.6) is 17.2 Å². The molecule has 0 saturated carbocycles. The topological polar surface area (TPSA) is 104 Å². The standard InChI is InChI=1S/C16H18O6/c1-9-4-3-5-16(2,22-15(9)21)8-14(20)10-6-12(18)13(19)7-11(10)17/h4,6-7,17-19H,3,5,8H2,1-2H3/t16-/m1/s1. The Morgan fingerprint density at radius 3 is 2.55 bits per heavy atom. The molecule has 0 radical (unpaired) electrons. The molecule has 2 rings (SSSR count). The van der Waals surface area contributed by atoms with Gasteiger partial charge in [0.2, 0.25) is 0 Å². The van der Waals surface area contributed by atoms with Crippen molar-refractivity contribution in [3.05, 3.63) is 29.3 Å². The molecule has 1 aromatic carbocycles. The van der Waals surface area contributed by atoms with Gasteiger partial charge in [-0.1, -0.05) is 6.08 Å². The van der Waals surface area contributed by atoms with Gasteiger partial charge in [0.05, 0.1) is 12.0 Å². The van der Waals surface area contributed by atoms with Crippen LogP contribution in [-0.2, 0) is 9.53 Å². The smallest absolute Gasteiger partial charge is 0.333 e. The second-order valence-electron chi connectivity index (χ2n) is 5.72. The lowest BCUT2D eigenvalue weighted by atomic mass is 9.91. The van der Waals surface area contributed by atoms with E-state index in [1.165, 1.54) is 0 Å². The van der Waals surface area contributed by atoms with E-state index in [1.54, 1.807) is 19.9 Å². The number of Topliss-reactive ketones (excluding diaryl/α,β-unsaturated/α-hetero) is 1. The van der Waals surface area contributed by atoms with Crippen LogP contribution in [0.3, 0.4) is 0 Å². The molecule has 118 valence electrons. The van der Waals surface area contributed by atoms with E-state index >= 15 is 0 Å². The lowest BCUT2D eigenvalue weighted by molar-refractivity contribution is -0.152. The van der Waals surface area contributed by atoms with Gasteiger partial charge in [-0.05, 0) is 32.8 Å². The van der Waals surface area contributed by atoms with Crippen LogP contribution in [-0.4, -0.2) is 32.7 Å². The van der Waals surface area contributed by atoms with Crippen molar-refractivity contribution in [1.29, 1.82) is 0 Å². The minimum Gasteiger partial charge on any atom is -0.507 e. The molecule has 22 heavy (non-hydrogen) atoms. The number of esters is 1. The van der Waals surface area contributed by atoms with Crippen LogP contribution in [0.2, 0.25) is 0 Å².